The van der Waals surface area contributed by atoms with E-state index in [1.807, 2.05) is 63.2 Å². The van der Waals surface area contributed by atoms with Crippen LogP contribution in [0.4, 0.5) is 11.4 Å². The molecule has 0 saturated heterocycles. The highest BCUT2D eigenvalue weighted by molar-refractivity contribution is 7.20. The molecule has 0 fully saturated rings. The molecule has 2 heterocycles. The fourth-order valence-corrected chi connectivity index (χ4v) is 4.81. The topological polar surface area (TPSA) is 93.1 Å². The molecule has 4 rings (SSSR count). The fourth-order valence-electron chi connectivity index (χ4n) is 3.77. The Morgan fingerprint density at radius 3 is 2.32 bits per heavy atom. The number of rotatable bonds is 5. The van der Waals surface area contributed by atoms with Crippen molar-refractivity contribution in [1.82, 2.24) is 9.55 Å². The van der Waals surface area contributed by atoms with Crippen LogP contribution in [0.1, 0.15) is 44.9 Å². The minimum absolute atomic E-state index is 0.290. The second kappa shape index (κ2) is 9.23. The number of fused-ring (bicyclic) bond motifs is 1. The van der Waals surface area contributed by atoms with Crippen molar-refractivity contribution in [2.45, 2.75) is 40.7 Å². The molecule has 34 heavy (non-hydrogen) atoms. The Kier molecular flexibility index (Phi) is 6.34. The first kappa shape index (κ1) is 23.4. The lowest BCUT2D eigenvalue weighted by atomic mass is 10.1. The van der Waals surface area contributed by atoms with E-state index in [9.17, 15) is 14.4 Å². The number of hydrogen-bond donors (Lipinski definition) is 2. The molecular weight excluding hydrogens is 448 g/mol. The summed E-state index contributed by atoms with van der Waals surface area (Å²) in [4.78, 5) is 44.5. The average Bonchev–Trinajstić information content (AvgIpc) is 3.15. The van der Waals surface area contributed by atoms with E-state index in [0.29, 0.717) is 32.0 Å². The molecule has 0 spiro atoms. The van der Waals surface area contributed by atoms with E-state index in [0.717, 1.165) is 16.7 Å². The Balaban J connectivity index is 1.65. The summed E-state index contributed by atoms with van der Waals surface area (Å²) in [6, 6.07) is 12.4. The Morgan fingerprint density at radius 1 is 0.912 bits per heavy atom. The second-order valence-corrected chi connectivity index (χ2v) is 9.37. The van der Waals surface area contributed by atoms with E-state index in [-0.39, 0.29) is 17.4 Å². The van der Waals surface area contributed by atoms with Crippen molar-refractivity contribution in [2.24, 2.45) is 0 Å². The monoisotopic (exact) mass is 474 g/mol. The highest BCUT2D eigenvalue weighted by atomic mass is 32.1. The third-order valence-electron chi connectivity index (χ3n) is 6.13. The van der Waals surface area contributed by atoms with Crippen molar-refractivity contribution in [3.05, 3.63) is 86.3 Å². The lowest BCUT2D eigenvalue weighted by molar-refractivity contribution is -0.118. The molecule has 0 aliphatic rings. The van der Waals surface area contributed by atoms with Gasteiger partial charge in [-0.3, -0.25) is 19.0 Å². The van der Waals surface area contributed by atoms with Crippen LogP contribution in [-0.4, -0.2) is 21.4 Å². The van der Waals surface area contributed by atoms with Gasteiger partial charge in [0.15, 0.2) is 0 Å². The van der Waals surface area contributed by atoms with Gasteiger partial charge in [-0.15, -0.1) is 11.3 Å². The summed E-state index contributed by atoms with van der Waals surface area (Å²) in [7, 11) is 0. The maximum absolute atomic E-state index is 13.3. The number of amides is 2. The average molecular weight is 475 g/mol. The number of nitrogens with zero attached hydrogens (tertiary/aromatic N) is 2. The molecule has 174 valence electrons. The molecule has 0 radical (unpaired) electrons. The van der Waals surface area contributed by atoms with Crippen molar-refractivity contribution in [1.29, 1.82) is 0 Å². The van der Waals surface area contributed by atoms with E-state index >= 15 is 0 Å². The number of aromatic nitrogens is 2. The summed E-state index contributed by atoms with van der Waals surface area (Å²) in [5.74, 6) is -0.608. The maximum Gasteiger partial charge on any atom is 0.266 e. The van der Waals surface area contributed by atoms with Crippen molar-refractivity contribution < 1.29 is 9.59 Å². The molecule has 0 bridgehead atoms. The number of aryl methyl sites for hydroxylation is 3. The van der Waals surface area contributed by atoms with Gasteiger partial charge in [-0.25, -0.2) is 4.98 Å². The van der Waals surface area contributed by atoms with Crippen LogP contribution in [0.25, 0.3) is 10.2 Å². The Bertz CT molecular complexity index is 1490. The number of para-hydroxylation sites is 1. The molecular formula is C26H26N4O3S. The molecule has 0 aliphatic heterocycles. The minimum atomic E-state index is -0.784. The van der Waals surface area contributed by atoms with Crippen LogP contribution in [0, 0.1) is 27.7 Å². The third-order valence-corrected chi connectivity index (χ3v) is 7.33. The van der Waals surface area contributed by atoms with Crippen molar-refractivity contribution in [3.63, 3.8) is 0 Å². The molecule has 2 N–H and O–H groups in total. The number of carbonyl (C=O) groups is 2. The van der Waals surface area contributed by atoms with Crippen LogP contribution in [-0.2, 0) is 4.79 Å². The smallest absolute Gasteiger partial charge is 0.266 e. The number of nitrogens with one attached hydrogen (secondary N) is 2. The van der Waals surface area contributed by atoms with Gasteiger partial charge < -0.3 is 10.6 Å². The molecule has 2 aromatic carbocycles. The van der Waals surface area contributed by atoms with E-state index in [1.54, 1.807) is 13.8 Å². The fraction of sp³-hybridized carbons (Fsp3) is 0.231. The number of carbonyl (C=O) groups excluding carboxylic acids is 2. The highest BCUT2D eigenvalue weighted by Gasteiger charge is 2.23. The van der Waals surface area contributed by atoms with Crippen LogP contribution in [0.2, 0.25) is 0 Å². The lowest BCUT2D eigenvalue weighted by Gasteiger charge is -2.16. The molecule has 2 amide bonds. The largest absolute Gasteiger partial charge is 0.324 e. The van der Waals surface area contributed by atoms with Crippen molar-refractivity contribution in [3.8, 4) is 0 Å². The normalized spacial score (nSPS) is 11.9. The van der Waals surface area contributed by atoms with Crippen LogP contribution in [0.5, 0.6) is 0 Å². The first-order valence-corrected chi connectivity index (χ1v) is 11.7. The van der Waals surface area contributed by atoms with Crippen LogP contribution < -0.4 is 16.2 Å². The molecule has 0 aliphatic carbocycles. The number of hydrogen-bond acceptors (Lipinski definition) is 5. The SMILES string of the molecule is Cc1ccccc1NC(=O)c1sc2ncn(C(C)C(=O)Nc3cccc(C)c3C)c(=O)c2c1C. The first-order valence-electron chi connectivity index (χ1n) is 10.9. The standard InChI is InChI=1S/C26H26N4O3S/c1-14-10-8-12-20(16(14)3)29-23(31)18(5)30-13-27-25-21(26(30)33)17(4)22(34-25)24(32)28-19-11-7-6-9-15(19)2/h6-13,18H,1-5H3,(H,28,32)(H,29,31). The summed E-state index contributed by atoms with van der Waals surface area (Å²) >= 11 is 1.17. The second-order valence-electron chi connectivity index (χ2n) is 8.38. The molecule has 0 saturated carbocycles. The van der Waals surface area contributed by atoms with Gasteiger partial charge in [-0.2, -0.15) is 0 Å². The maximum atomic E-state index is 13.3. The zero-order valence-electron chi connectivity index (χ0n) is 19.7. The molecule has 7 nitrogen and oxygen atoms in total. The third kappa shape index (κ3) is 4.24. The summed E-state index contributed by atoms with van der Waals surface area (Å²) in [5, 5.41) is 6.17. The van der Waals surface area contributed by atoms with Crippen LogP contribution in [0.15, 0.2) is 53.6 Å². The van der Waals surface area contributed by atoms with E-state index in [1.165, 1.54) is 22.2 Å². The summed E-state index contributed by atoms with van der Waals surface area (Å²) in [6.07, 6.45) is 1.37. The predicted molar refractivity (Wildman–Crippen MR) is 137 cm³/mol. The van der Waals surface area contributed by atoms with Gasteiger partial charge >= 0.3 is 0 Å². The summed E-state index contributed by atoms with van der Waals surface area (Å²) in [6.45, 7) is 9.22. The van der Waals surface area contributed by atoms with Crippen molar-refractivity contribution in [2.75, 3.05) is 10.6 Å². The van der Waals surface area contributed by atoms with Crippen molar-refractivity contribution >= 4 is 44.7 Å². The summed E-state index contributed by atoms with van der Waals surface area (Å²) < 4.78 is 1.31. The Morgan fingerprint density at radius 2 is 1.59 bits per heavy atom. The minimum Gasteiger partial charge on any atom is -0.324 e. The predicted octanol–water partition coefficient (Wildman–Crippen LogP) is 5.14. The van der Waals surface area contributed by atoms with Gasteiger partial charge in [0.25, 0.3) is 11.5 Å². The number of thiophene rings is 1. The molecule has 2 aromatic heterocycles. The highest BCUT2D eigenvalue weighted by Crippen LogP contribution is 2.28. The van der Waals surface area contributed by atoms with Crippen LogP contribution in [0.3, 0.4) is 0 Å². The van der Waals surface area contributed by atoms with E-state index < -0.39 is 6.04 Å². The number of anilines is 2. The zero-order valence-corrected chi connectivity index (χ0v) is 20.5. The van der Waals surface area contributed by atoms with Crippen LogP contribution >= 0.6 is 11.3 Å². The summed E-state index contributed by atoms with van der Waals surface area (Å²) in [5.41, 5.74) is 4.61. The zero-order chi connectivity index (χ0) is 24.6. The van der Waals surface area contributed by atoms with E-state index in [4.69, 9.17) is 0 Å². The first-order chi connectivity index (χ1) is 16.2. The van der Waals surface area contributed by atoms with E-state index in [2.05, 4.69) is 15.6 Å². The van der Waals surface area contributed by atoms with Gasteiger partial charge in [0.1, 0.15) is 10.9 Å². The Labute approximate surface area is 201 Å². The number of benzene rings is 2. The van der Waals surface area contributed by atoms with Gasteiger partial charge in [0.2, 0.25) is 5.91 Å². The van der Waals surface area contributed by atoms with Gasteiger partial charge in [-0.05, 0) is 69.0 Å². The van der Waals surface area contributed by atoms with Gasteiger partial charge in [0, 0.05) is 11.4 Å². The molecule has 4 aromatic rings. The van der Waals surface area contributed by atoms with Gasteiger partial charge in [-0.1, -0.05) is 30.3 Å². The lowest BCUT2D eigenvalue weighted by Crippen LogP contribution is -2.32. The molecule has 1 unspecified atom stereocenters. The van der Waals surface area contributed by atoms with Gasteiger partial charge in [0.05, 0.1) is 16.6 Å². The Hall–Kier alpha value is -3.78. The molecule has 8 heteroatoms. The quantitative estimate of drug-likeness (QED) is 0.419. The molecule has 1 atom stereocenters.